The third-order valence-electron chi connectivity index (χ3n) is 4.82. The van der Waals surface area contributed by atoms with Gasteiger partial charge in [-0.25, -0.2) is 0 Å². The van der Waals surface area contributed by atoms with Crippen molar-refractivity contribution in [1.82, 2.24) is 19.7 Å². The van der Waals surface area contributed by atoms with Gasteiger partial charge in [-0.15, -0.1) is 10.2 Å². The number of nitrogens with zero attached hydrogens (tertiary/aromatic N) is 4. The van der Waals surface area contributed by atoms with E-state index in [1.54, 1.807) is 0 Å². The second-order valence-electron chi connectivity index (χ2n) is 6.34. The number of hydrogen-bond acceptors (Lipinski definition) is 3. The summed E-state index contributed by atoms with van der Waals surface area (Å²) >= 11 is 0. The standard InChI is InChI=1S/C14H24N4/c1-14(13-16-15-11-17(13)2)8-5-9-18(10-14)12-6-3-4-7-12/h11-12H,3-10H2,1-2H3. The van der Waals surface area contributed by atoms with Crippen LogP contribution in [-0.4, -0.2) is 38.8 Å². The highest BCUT2D eigenvalue weighted by molar-refractivity contribution is 5.09. The topological polar surface area (TPSA) is 34.0 Å². The summed E-state index contributed by atoms with van der Waals surface area (Å²) in [6, 6.07) is 0.831. The SMILES string of the molecule is Cn1cnnc1C1(C)CCCN(C2CCCC2)C1. The first-order chi connectivity index (χ1) is 8.69. The normalized spacial score (nSPS) is 31.0. The third kappa shape index (κ3) is 2.07. The van der Waals surface area contributed by atoms with E-state index in [4.69, 9.17) is 0 Å². The molecule has 2 aliphatic rings. The van der Waals surface area contributed by atoms with E-state index in [2.05, 4.69) is 33.6 Å². The molecule has 1 aliphatic heterocycles. The van der Waals surface area contributed by atoms with Gasteiger partial charge >= 0.3 is 0 Å². The summed E-state index contributed by atoms with van der Waals surface area (Å²) in [6.45, 7) is 4.79. The highest BCUT2D eigenvalue weighted by atomic mass is 15.3. The highest BCUT2D eigenvalue weighted by Crippen LogP contribution is 2.35. The fourth-order valence-electron chi connectivity index (χ4n) is 3.87. The summed E-state index contributed by atoms with van der Waals surface area (Å²) in [5.41, 5.74) is 0.187. The second kappa shape index (κ2) is 4.65. The van der Waals surface area contributed by atoms with Crippen molar-refractivity contribution < 1.29 is 0 Å². The van der Waals surface area contributed by atoms with Crippen LogP contribution in [0.5, 0.6) is 0 Å². The van der Waals surface area contributed by atoms with Crippen molar-refractivity contribution >= 4 is 0 Å². The molecule has 100 valence electrons. The van der Waals surface area contributed by atoms with E-state index in [0.717, 1.165) is 18.4 Å². The molecular weight excluding hydrogens is 224 g/mol. The third-order valence-corrected chi connectivity index (χ3v) is 4.82. The van der Waals surface area contributed by atoms with Crippen LogP contribution in [0.2, 0.25) is 0 Å². The van der Waals surface area contributed by atoms with Crippen LogP contribution in [0.1, 0.15) is 51.3 Å². The molecule has 2 fully saturated rings. The first-order valence-corrected chi connectivity index (χ1v) is 7.28. The molecule has 4 heteroatoms. The van der Waals surface area contributed by atoms with Gasteiger partial charge in [-0.2, -0.15) is 0 Å². The Morgan fingerprint density at radius 2 is 2.06 bits per heavy atom. The van der Waals surface area contributed by atoms with Crippen LogP contribution in [0, 0.1) is 0 Å². The maximum absolute atomic E-state index is 4.36. The van der Waals surface area contributed by atoms with Gasteiger partial charge in [0, 0.05) is 25.0 Å². The Bertz CT molecular complexity index is 408. The molecule has 1 aromatic heterocycles. The molecule has 1 saturated carbocycles. The minimum Gasteiger partial charge on any atom is -0.320 e. The lowest BCUT2D eigenvalue weighted by Crippen LogP contribution is -2.49. The van der Waals surface area contributed by atoms with E-state index in [9.17, 15) is 0 Å². The minimum absolute atomic E-state index is 0.187. The lowest BCUT2D eigenvalue weighted by Gasteiger charge is -2.42. The zero-order chi connectivity index (χ0) is 12.6. The summed E-state index contributed by atoms with van der Waals surface area (Å²) in [5, 5.41) is 8.42. The van der Waals surface area contributed by atoms with Crippen LogP contribution < -0.4 is 0 Å². The lowest BCUT2D eigenvalue weighted by molar-refractivity contribution is 0.105. The molecular formula is C14H24N4. The van der Waals surface area contributed by atoms with Gasteiger partial charge in [0.1, 0.15) is 12.2 Å². The molecule has 1 unspecified atom stereocenters. The van der Waals surface area contributed by atoms with Gasteiger partial charge < -0.3 is 4.57 Å². The molecule has 0 spiro atoms. The van der Waals surface area contributed by atoms with Crippen LogP contribution in [0.4, 0.5) is 0 Å². The molecule has 0 radical (unpaired) electrons. The number of likely N-dealkylation sites (tertiary alicyclic amines) is 1. The van der Waals surface area contributed by atoms with E-state index in [1.165, 1.54) is 45.1 Å². The van der Waals surface area contributed by atoms with E-state index in [-0.39, 0.29) is 5.41 Å². The van der Waals surface area contributed by atoms with E-state index < -0.39 is 0 Å². The molecule has 1 saturated heterocycles. The van der Waals surface area contributed by atoms with E-state index >= 15 is 0 Å². The quantitative estimate of drug-likeness (QED) is 0.804. The Balaban J connectivity index is 1.78. The Kier molecular flexibility index (Phi) is 3.14. The van der Waals surface area contributed by atoms with Gasteiger partial charge in [-0.05, 0) is 32.2 Å². The number of piperidine rings is 1. The summed E-state index contributed by atoms with van der Waals surface area (Å²) in [7, 11) is 2.06. The van der Waals surface area contributed by atoms with Gasteiger partial charge in [-0.3, -0.25) is 4.90 Å². The molecule has 1 atom stereocenters. The van der Waals surface area contributed by atoms with Crippen LogP contribution in [0.25, 0.3) is 0 Å². The average molecular weight is 248 g/mol. The van der Waals surface area contributed by atoms with Crippen LogP contribution >= 0.6 is 0 Å². The average Bonchev–Trinajstić information content (AvgIpc) is 2.99. The maximum Gasteiger partial charge on any atom is 0.139 e. The van der Waals surface area contributed by atoms with Crippen LogP contribution in [0.15, 0.2) is 6.33 Å². The molecule has 1 aromatic rings. The predicted octanol–water partition coefficient (Wildman–Crippen LogP) is 2.11. The predicted molar refractivity (Wildman–Crippen MR) is 71.4 cm³/mol. The van der Waals surface area contributed by atoms with E-state index in [0.29, 0.717) is 0 Å². The summed E-state index contributed by atoms with van der Waals surface area (Å²) in [5.74, 6) is 1.16. The summed E-state index contributed by atoms with van der Waals surface area (Å²) < 4.78 is 2.10. The maximum atomic E-state index is 4.36. The van der Waals surface area contributed by atoms with Crippen molar-refractivity contribution in [3.63, 3.8) is 0 Å². The summed E-state index contributed by atoms with van der Waals surface area (Å²) in [6.07, 6.45) is 9.99. The molecule has 0 aromatic carbocycles. The molecule has 3 rings (SSSR count). The van der Waals surface area contributed by atoms with Gasteiger partial charge in [0.25, 0.3) is 0 Å². The second-order valence-corrected chi connectivity index (χ2v) is 6.34. The highest BCUT2D eigenvalue weighted by Gasteiger charge is 2.38. The Morgan fingerprint density at radius 1 is 1.28 bits per heavy atom. The largest absolute Gasteiger partial charge is 0.320 e. The van der Waals surface area contributed by atoms with Crippen molar-refractivity contribution in [2.45, 2.75) is 56.9 Å². The van der Waals surface area contributed by atoms with Crippen molar-refractivity contribution in [1.29, 1.82) is 0 Å². The Labute approximate surface area is 109 Å². The smallest absolute Gasteiger partial charge is 0.139 e. The van der Waals surface area contributed by atoms with Gasteiger partial charge in [0.2, 0.25) is 0 Å². The molecule has 2 heterocycles. The first-order valence-electron chi connectivity index (χ1n) is 7.28. The van der Waals surface area contributed by atoms with Crippen LogP contribution in [0.3, 0.4) is 0 Å². The van der Waals surface area contributed by atoms with Crippen molar-refractivity contribution in [2.24, 2.45) is 7.05 Å². The van der Waals surface area contributed by atoms with Crippen LogP contribution in [-0.2, 0) is 12.5 Å². The van der Waals surface area contributed by atoms with Crippen molar-refractivity contribution in [3.8, 4) is 0 Å². The van der Waals surface area contributed by atoms with Gasteiger partial charge in [0.05, 0.1) is 0 Å². The number of aryl methyl sites for hydroxylation is 1. The molecule has 0 N–H and O–H groups in total. The monoisotopic (exact) mass is 248 g/mol. The molecule has 18 heavy (non-hydrogen) atoms. The number of rotatable bonds is 2. The van der Waals surface area contributed by atoms with Crippen molar-refractivity contribution in [3.05, 3.63) is 12.2 Å². The summed E-state index contributed by atoms with van der Waals surface area (Å²) in [4.78, 5) is 2.71. The molecule has 0 bridgehead atoms. The Morgan fingerprint density at radius 3 is 2.72 bits per heavy atom. The fraction of sp³-hybridized carbons (Fsp3) is 0.857. The van der Waals surface area contributed by atoms with Gasteiger partial charge in [-0.1, -0.05) is 19.8 Å². The first kappa shape index (κ1) is 12.2. The molecule has 0 amide bonds. The fourth-order valence-corrected chi connectivity index (χ4v) is 3.87. The number of hydrogen-bond donors (Lipinski definition) is 0. The zero-order valence-corrected chi connectivity index (χ0v) is 11.6. The van der Waals surface area contributed by atoms with Crippen molar-refractivity contribution in [2.75, 3.05) is 13.1 Å². The van der Waals surface area contributed by atoms with Gasteiger partial charge in [0.15, 0.2) is 0 Å². The molecule has 1 aliphatic carbocycles. The number of aromatic nitrogens is 3. The molecule has 4 nitrogen and oxygen atoms in total. The lowest BCUT2D eigenvalue weighted by atomic mass is 9.80. The Hall–Kier alpha value is -0.900. The van der Waals surface area contributed by atoms with E-state index in [1.807, 2.05) is 6.33 Å². The zero-order valence-electron chi connectivity index (χ0n) is 11.6. The minimum atomic E-state index is 0.187.